The van der Waals surface area contributed by atoms with Gasteiger partial charge in [0.05, 0.1) is 23.4 Å². The number of nitrogens with one attached hydrogen (secondary N) is 1. The molecular formula is C10H8F2N2S. The fourth-order valence-corrected chi connectivity index (χ4v) is 1.71. The Morgan fingerprint density at radius 2 is 2.20 bits per heavy atom. The van der Waals surface area contributed by atoms with Crippen LogP contribution in [0.5, 0.6) is 0 Å². The van der Waals surface area contributed by atoms with E-state index in [9.17, 15) is 8.78 Å². The van der Waals surface area contributed by atoms with E-state index in [4.69, 9.17) is 0 Å². The molecule has 0 bridgehead atoms. The molecule has 0 atom stereocenters. The van der Waals surface area contributed by atoms with E-state index in [2.05, 4.69) is 10.3 Å². The van der Waals surface area contributed by atoms with Gasteiger partial charge in [-0.15, -0.1) is 11.3 Å². The van der Waals surface area contributed by atoms with Crippen LogP contribution in [0.25, 0.3) is 0 Å². The molecule has 0 radical (unpaired) electrons. The summed E-state index contributed by atoms with van der Waals surface area (Å²) in [5, 5.41) is 4.64. The summed E-state index contributed by atoms with van der Waals surface area (Å²) in [5.41, 5.74) is 2.66. The van der Waals surface area contributed by atoms with Gasteiger partial charge in [-0.1, -0.05) is 6.07 Å². The Kier molecular flexibility index (Phi) is 2.91. The zero-order valence-electron chi connectivity index (χ0n) is 7.71. The molecular weight excluding hydrogens is 218 g/mol. The molecule has 1 heterocycles. The molecule has 0 fully saturated rings. The van der Waals surface area contributed by atoms with Gasteiger partial charge in [0.25, 0.3) is 0 Å². The number of benzene rings is 1. The van der Waals surface area contributed by atoms with E-state index in [-0.39, 0.29) is 5.69 Å². The Morgan fingerprint density at radius 3 is 2.93 bits per heavy atom. The summed E-state index contributed by atoms with van der Waals surface area (Å²) in [7, 11) is 0. The minimum Gasteiger partial charge on any atom is -0.377 e. The number of nitrogens with zero attached hydrogens (tertiary/aromatic N) is 1. The fraction of sp³-hybridized carbons (Fsp3) is 0.100. The molecule has 2 rings (SSSR count). The Labute approximate surface area is 89.6 Å². The molecule has 0 spiro atoms. The average Bonchev–Trinajstić information content (AvgIpc) is 2.73. The van der Waals surface area contributed by atoms with Crippen LogP contribution >= 0.6 is 11.3 Å². The lowest BCUT2D eigenvalue weighted by Crippen LogP contribution is -2.02. The maximum absolute atomic E-state index is 13.2. The van der Waals surface area contributed by atoms with Crippen molar-refractivity contribution in [3.8, 4) is 0 Å². The highest BCUT2D eigenvalue weighted by Crippen LogP contribution is 2.17. The second kappa shape index (κ2) is 4.35. The molecule has 0 saturated carbocycles. The number of anilines is 1. The summed E-state index contributed by atoms with van der Waals surface area (Å²) < 4.78 is 26.0. The van der Waals surface area contributed by atoms with Crippen LogP contribution in [0, 0.1) is 11.6 Å². The van der Waals surface area contributed by atoms with Gasteiger partial charge >= 0.3 is 0 Å². The van der Waals surface area contributed by atoms with E-state index in [0.717, 1.165) is 11.8 Å². The van der Waals surface area contributed by atoms with Gasteiger partial charge in [0, 0.05) is 5.38 Å². The quantitative estimate of drug-likeness (QED) is 0.870. The first-order chi connectivity index (χ1) is 7.27. The van der Waals surface area contributed by atoms with Crippen molar-refractivity contribution in [1.29, 1.82) is 0 Å². The summed E-state index contributed by atoms with van der Waals surface area (Å²) in [6.07, 6.45) is 0. The van der Waals surface area contributed by atoms with Gasteiger partial charge in [-0.2, -0.15) is 0 Å². The molecule has 5 heteroatoms. The summed E-state index contributed by atoms with van der Waals surface area (Å²) in [6.45, 7) is 0.393. The van der Waals surface area contributed by atoms with E-state index in [0.29, 0.717) is 6.54 Å². The number of halogens is 2. The van der Waals surface area contributed by atoms with Crippen LogP contribution in [0.3, 0.4) is 0 Å². The molecule has 0 saturated heterocycles. The highest BCUT2D eigenvalue weighted by atomic mass is 32.1. The first-order valence-corrected chi connectivity index (χ1v) is 5.26. The average molecular weight is 226 g/mol. The van der Waals surface area contributed by atoms with Crippen molar-refractivity contribution in [2.45, 2.75) is 6.54 Å². The predicted molar refractivity (Wildman–Crippen MR) is 55.8 cm³/mol. The molecule has 1 N–H and O–H groups in total. The lowest BCUT2D eigenvalue weighted by atomic mass is 10.3. The molecule has 0 aliphatic heterocycles. The van der Waals surface area contributed by atoms with Gasteiger partial charge < -0.3 is 5.32 Å². The smallest absolute Gasteiger partial charge is 0.181 e. The van der Waals surface area contributed by atoms with Crippen LogP contribution in [0.15, 0.2) is 29.1 Å². The van der Waals surface area contributed by atoms with Crippen LogP contribution in [0.1, 0.15) is 5.69 Å². The maximum atomic E-state index is 13.2. The Morgan fingerprint density at radius 1 is 1.33 bits per heavy atom. The fourth-order valence-electron chi connectivity index (χ4n) is 1.15. The summed E-state index contributed by atoms with van der Waals surface area (Å²) in [4.78, 5) is 4.02. The first-order valence-electron chi connectivity index (χ1n) is 4.32. The summed E-state index contributed by atoms with van der Waals surface area (Å²) >= 11 is 1.46. The van der Waals surface area contributed by atoms with Gasteiger partial charge in [0.2, 0.25) is 0 Å². The second-order valence-electron chi connectivity index (χ2n) is 2.93. The minimum atomic E-state index is -0.854. The predicted octanol–water partition coefficient (Wildman–Crippen LogP) is 3.03. The zero-order chi connectivity index (χ0) is 10.7. The largest absolute Gasteiger partial charge is 0.377 e. The number of hydrogen-bond donors (Lipinski definition) is 1. The van der Waals surface area contributed by atoms with Crippen molar-refractivity contribution in [3.05, 3.63) is 46.4 Å². The number of hydrogen-bond acceptors (Lipinski definition) is 3. The standard InChI is InChI=1S/C10H8F2N2S/c11-8-2-1-3-9(10(8)12)13-4-7-5-15-6-14-7/h1-3,5-6,13H,4H2. The SMILES string of the molecule is Fc1cccc(NCc2cscn2)c1F. The van der Waals surface area contributed by atoms with E-state index in [1.54, 1.807) is 5.51 Å². The van der Waals surface area contributed by atoms with Gasteiger partial charge in [-0.05, 0) is 12.1 Å². The minimum absolute atomic E-state index is 0.156. The molecule has 15 heavy (non-hydrogen) atoms. The Balaban J connectivity index is 2.08. The van der Waals surface area contributed by atoms with Crippen molar-refractivity contribution in [1.82, 2.24) is 4.98 Å². The lowest BCUT2D eigenvalue weighted by Gasteiger charge is -2.05. The van der Waals surface area contributed by atoms with Crippen LogP contribution in [-0.4, -0.2) is 4.98 Å². The monoisotopic (exact) mass is 226 g/mol. The third kappa shape index (κ3) is 2.30. The van der Waals surface area contributed by atoms with E-state index < -0.39 is 11.6 Å². The summed E-state index contributed by atoms with van der Waals surface area (Å²) in [6, 6.07) is 4.04. The molecule has 78 valence electrons. The van der Waals surface area contributed by atoms with Gasteiger partial charge in [0.1, 0.15) is 0 Å². The normalized spacial score (nSPS) is 10.3. The highest BCUT2D eigenvalue weighted by Gasteiger charge is 2.06. The third-order valence-electron chi connectivity index (χ3n) is 1.90. The van der Waals surface area contributed by atoms with E-state index in [1.807, 2.05) is 5.38 Å². The van der Waals surface area contributed by atoms with E-state index >= 15 is 0 Å². The van der Waals surface area contributed by atoms with Crippen LogP contribution in [0.2, 0.25) is 0 Å². The highest BCUT2D eigenvalue weighted by molar-refractivity contribution is 7.07. The molecule has 1 aromatic carbocycles. The van der Waals surface area contributed by atoms with Crippen molar-refractivity contribution >= 4 is 17.0 Å². The molecule has 0 amide bonds. The molecule has 0 aliphatic carbocycles. The zero-order valence-corrected chi connectivity index (χ0v) is 8.52. The summed E-state index contributed by atoms with van der Waals surface area (Å²) in [5.74, 6) is -1.70. The Hall–Kier alpha value is -1.49. The first kappa shape index (κ1) is 10.0. The Bertz CT molecular complexity index is 443. The lowest BCUT2D eigenvalue weighted by molar-refractivity contribution is 0.511. The molecule has 2 nitrogen and oxygen atoms in total. The maximum Gasteiger partial charge on any atom is 0.181 e. The molecule has 0 unspecified atom stereocenters. The number of thiazole rings is 1. The van der Waals surface area contributed by atoms with E-state index in [1.165, 1.54) is 23.5 Å². The number of aromatic nitrogens is 1. The molecule has 0 aliphatic rings. The number of rotatable bonds is 3. The van der Waals surface area contributed by atoms with Crippen LogP contribution < -0.4 is 5.32 Å². The van der Waals surface area contributed by atoms with Crippen LogP contribution in [-0.2, 0) is 6.54 Å². The molecule has 1 aromatic heterocycles. The van der Waals surface area contributed by atoms with Gasteiger partial charge in [-0.25, -0.2) is 13.8 Å². The topological polar surface area (TPSA) is 24.9 Å². The second-order valence-corrected chi connectivity index (χ2v) is 3.65. The van der Waals surface area contributed by atoms with Crippen molar-refractivity contribution < 1.29 is 8.78 Å². The van der Waals surface area contributed by atoms with Gasteiger partial charge in [0.15, 0.2) is 11.6 Å². The van der Waals surface area contributed by atoms with Gasteiger partial charge in [-0.3, -0.25) is 0 Å². The van der Waals surface area contributed by atoms with Crippen molar-refractivity contribution in [2.24, 2.45) is 0 Å². The van der Waals surface area contributed by atoms with Crippen molar-refractivity contribution in [2.75, 3.05) is 5.32 Å². The van der Waals surface area contributed by atoms with Crippen molar-refractivity contribution in [3.63, 3.8) is 0 Å². The van der Waals surface area contributed by atoms with Crippen LogP contribution in [0.4, 0.5) is 14.5 Å². The third-order valence-corrected chi connectivity index (χ3v) is 2.53. The molecule has 2 aromatic rings.